The fraction of sp³-hybridized carbons (Fsp3) is 0.600. The van der Waals surface area contributed by atoms with Crippen LogP contribution in [0.3, 0.4) is 0 Å². The van der Waals surface area contributed by atoms with Crippen molar-refractivity contribution in [2.75, 3.05) is 20.8 Å². The summed E-state index contributed by atoms with van der Waals surface area (Å²) < 4.78 is 9.91. The van der Waals surface area contributed by atoms with Crippen LogP contribution in [0.25, 0.3) is 0 Å². The molecule has 84 valence electrons. The molecule has 0 aliphatic heterocycles. The minimum Gasteiger partial charge on any atom is -0.480 e. The molecule has 1 rings (SSSR count). The van der Waals surface area contributed by atoms with Gasteiger partial charge in [-0.1, -0.05) is 0 Å². The van der Waals surface area contributed by atoms with Gasteiger partial charge in [0, 0.05) is 26.1 Å². The number of aromatic nitrogens is 2. The van der Waals surface area contributed by atoms with Crippen LogP contribution < -0.4 is 4.74 Å². The van der Waals surface area contributed by atoms with E-state index >= 15 is 0 Å². The van der Waals surface area contributed by atoms with Gasteiger partial charge in [0.1, 0.15) is 11.8 Å². The lowest BCUT2D eigenvalue weighted by atomic mass is 10.1. The van der Waals surface area contributed by atoms with Crippen molar-refractivity contribution in [3.63, 3.8) is 0 Å². The number of aliphatic hydroxyl groups excluding tert-OH is 1. The molecule has 1 unspecified atom stereocenters. The average Bonchev–Trinajstić information content (AvgIpc) is 2.29. The van der Waals surface area contributed by atoms with E-state index < -0.39 is 6.10 Å². The van der Waals surface area contributed by atoms with Crippen LogP contribution in [-0.2, 0) is 4.74 Å². The number of hydrogen-bond donors (Lipinski definition) is 1. The van der Waals surface area contributed by atoms with Crippen LogP contribution in [0, 0.1) is 0 Å². The average molecular weight is 212 g/mol. The van der Waals surface area contributed by atoms with Gasteiger partial charge in [-0.05, 0) is 12.8 Å². The molecule has 0 aromatic carbocycles. The topological polar surface area (TPSA) is 64.5 Å². The van der Waals surface area contributed by atoms with E-state index in [0.717, 1.165) is 6.42 Å². The van der Waals surface area contributed by atoms with Crippen molar-refractivity contribution >= 4 is 0 Å². The Kier molecular flexibility index (Phi) is 5.00. The third-order valence-corrected chi connectivity index (χ3v) is 2.03. The molecule has 5 heteroatoms. The van der Waals surface area contributed by atoms with E-state index in [9.17, 15) is 5.11 Å². The molecule has 0 spiro atoms. The quantitative estimate of drug-likeness (QED) is 0.711. The second-order valence-corrected chi connectivity index (χ2v) is 3.10. The number of nitrogens with zero attached hydrogens (tertiary/aromatic N) is 2. The summed E-state index contributed by atoms with van der Waals surface area (Å²) in [5, 5.41) is 9.82. The van der Waals surface area contributed by atoms with Crippen LogP contribution in [-0.4, -0.2) is 35.9 Å². The predicted octanol–water partition coefficient (Wildman–Crippen LogP) is 0.945. The Morgan fingerprint density at radius 3 is 2.73 bits per heavy atom. The van der Waals surface area contributed by atoms with Crippen molar-refractivity contribution in [3.8, 4) is 5.88 Å². The minimum atomic E-state index is -0.649. The van der Waals surface area contributed by atoms with E-state index in [1.807, 2.05) is 0 Å². The summed E-state index contributed by atoms with van der Waals surface area (Å²) in [5.41, 5.74) is 0.483. The lowest BCUT2D eigenvalue weighted by Gasteiger charge is -2.11. The summed E-state index contributed by atoms with van der Waals surface area (Å²) in [5.74, 6) is 0.377. The van der Waals surface area contributed by atoms with E-state index in [-0.39, 0.29) is 0 Å². The molecule has 0 fully saturated rings. The van der Waals surface area contributed by atoms with Gasteiger partial charge in [0.05, 0.1) is 7.11 Å². The highest BCUT2D eigenvalue weighted by Gasteiger charge is 2.14. The first-order chi connectivity index (χ1) is 7.29. The zero-order valence-electron chi connectivity index (χ0n) is 9.01. The van der Waals surface area contributed by atoms with Crippen LogP contribution in [0.1, 0.15) is 24.6 Å². The Morgan fingerprint density at radius 1 is 1.33 bits per heavy atom. The number of rotatable bonds is 6. The maximum Gasteiger partial charge on any atom is 0.238 e. The molecule has 5 nitrogen and oxygen atoms in total. The zero-order chi connectivity index (χ0) is 11.1. The molecule has 0 aliphatic carbocycles. The van der Waals surface area contributed by atoms with Crippen molar-refractivity contribution in [1.29, 1.82) is 0 Å². The third kappa shape index (κ3) is 3.45. The summed E-state index contributed by atoms with van der Waals surface area (Å²) in [4.78, 5) is 8.02. The first-order valence-electron chi connectivity index (χ1n) is 4.81. The minimum absolute atomic E-state index is 0.377. The highest BCUT2D eigenvalue weighted by atomic mass is 16.5. The summed E-state index contributed by atoms with van der Waals surface area (Å²) >= 11 is 0. The third-order valence-electron chi connectivity index (χ3n) is 2.03. The molecule has 0 saturated carbocycles. The number of methoxy groups -OCH3 is 2. The van der Waals surface area contributed by atoms with E-state index in [0.29, 0.717) is 24.6 Å². The smallest absolute Gasteiger partial charge is 0.238 e. The number of aliphatic hydroxyl groups is 1. The molecule has 1 atom stereocenters. The Balaban J connectivity index is 2.59. The highest BCUT2D eigenvalue weighted by molar-refractivity contribution is 5.19. The summed E-state index contributed by atoms with van der Waals surface area (Å²) in [6.45, 7) is 0.625. The second-order valence-electron chi connectivity index (χ2n) is 3.10. The Morgan fingerprint density at radius 2 is 2.07 bits per heavy atom. The van der Waals surface area contributed by atoms with Gasteiger partial charge in [0.15, 0.2) is 0 Å². The van der Waals surface area contributed by atoms with Crippen molar-refractivity contribution in [2.45, 2.75) is 18.9 Å². The molecule has 1 aromatic rings. The first-order valence-corrected chi connectivity index (χ1v) is 4.81. The van der Waals surface area contributed by atoms with E-state index in [4.69, 9.17) is 9.47 Å². The summed E-state index contributed by atoms with van der Waals surface area (Å²) in [6.07, 6.45) is 3.78. The van der Waals surface area contributed by atoms with E-state index in [1.54, 1.807) is 7.11 Å². The lowest BCUT2D eigenvalue weighted by Crippen LogP contribution is -2.05. The van der Waals surface area contributed by atoms with Gasteiger partial charge in [-0.2, -0.15) is 0 Å². The fourth-order valence-corrected chi connectivity index (χ4v) is 1.28. The standard InChI is InChI=1S/C10H16N2O3/c1-14-7-3-4-8(13)9-10(15-2)12-6-5-11-9/h5-6,8,13H,3-4,7H2,1-2H3. The van der Waals surface area contributed by atoms with Crippen LogP contribution in [0.4, 0.5) is 0 Å². The van der Waals surface area contributed by atoms with Crippen molar-refractivity contribution in [1.82, 2.24) is 9.97 Å². The summed E-state index contributed by atoms with van der Waals surface area (Å²) in [6, 6.07) is 0. The Bertz CT molecular complexity index is 294. The molecule has 0 saturated heterocycles. The zero-order valence-corrected chi connectivity index (χ0v) is 9.01. The Hall–Kier alpha value is -1.20. The van der Waals surface area contributed by atoms with Gasteiger partial charge >= 0.3 is 0 Å². The molecule has 0 radical (unpaired) electrons. The van der Waals surface area contributed by atoms with Gasteiger partial charge in [-0.3, -0.25) is 4.98 Å². The molecule has 0 aliphatic rings. The van der Waals surface area contributed by atoms with Gasteiger partial charge < -0.3 is 14.6 Å². The molecule has 0 bridgehead atoms. The van der Waals surface area contributed by atoms with Gasteiger partial charge in [-0.25, -0.2) is 4.98 Å². The van der Waals surface area contributed by atoms with Gasteiger partial charge in [0.25, 0.3) is 0 Å². The highest BCUT2D eigenvalue weighted by Crippen LogP contribution is 2.22. The maximum absolute atomic E-state index is 9.82. The number of hydrogen-bond acceptors (Lipinski definition) is 5. The normalized spacial score (nSPS) is 12.5. The lowest BCUT2D eigenvalue weighted by molar-refractivity contribution is 0.130. The first kappa shape index (κ1) is 11.9. The van der Waals surface area contributed by atoms with E-state index in [1.165, 1.54) is 19.5 Å². The van der Waals surface area contributed by atoms with Gasteiger partial charge in [-0.15, -0.1) is 0 Å². The van der Waals surface area contributed by atoms with E-state index in [2.05, 4.69) is 9.97 Å². The SMILES string of the molecule is COCCCC(O)c1nccnc1OC. The Labute approximate surface area is 89.1 Å². The molecule has 0 amide bonds. The maximum atomic E-state index is 9.82. The van der Waals surface area contributed by atoms with Crippen molar-refractivity contribution in [2.24, 2.45) is 0 Å². The molecular weight excluding hydrogens is 196 g/mol. The fourth-order valence-electron chi connectivity index (χ4n) is 1.28. The predicted molar refractivity (Wildman–Crippen MR) is 54.7 cm³/mol. The second kappa shape index (κ2) is 6.31. The van der Waals surface area contributed by atoms with Crippen LogP contribution in [0.2, 0.25) is 0 Å². The number of ether oxygens (including phenoxy) is 2. The molecule has 1 N–H and O–H groups in total. The van der Waals surface area contributed by atoms with Gasteiger partial charge in [0.2, 0.25) is 5.88 Å². The summed E-state index contributed by atoms with van der Waals surface area (Å²) in [7, 11) is 3.14. The molecule has 1 heterocycles. The van der Waals surface area contributed by atoms with Crippen LogP contribution in [0.5, 0.6) is 5.88 Å². The molecule has 1 aromatic heterocycles. The molecule has 15 heavy (non-hydrogen) atoms. The van der Waals surface area contributed by atoms with Crippen LogP contribution in [0.15, 0.2) is 12.4 Å². The van der Waals surface area contributed by atoms with Crippen molar-refractivity contribution in [3.05, 3.63) is 18.1 Å². The molecular formula is C10H16N2O3. The van der Waals surface area contributed by atoms with Crippen LogP contribution >= 0.6 is 0 Å². The largest absolute Gasteiger partial charge is 0.480 e. The monoisotopic (exact) mass is 212 g/mol. The van der Waals surface area contributed by atoms with Crippen molar-refractivity contribution < 1.29 is 14.6 Å².